The van der Waals surface area contributed by atoms with Gasteiger partial charge in [-0.05, 0) is 86.2 Å². The lowest BCUT2D eigenvalue weighted by atomic mass is 9.99. The number of imide groups is 2. The van der Waals surface area contributed by atoms with Crippen LogP contribution < -0.4 is 26.0 Å². The normalized spacial score (nSPS) is 20.0. The average molecular weight is 1230 g/mol. The first-order valence-corrected chi connectivity index (χ1v) is 27.9. The summed E-state index contributed by atoms with van der Waals surface area (Å²) in [5, 5.41) is 51.7. The molecule has 87 heavy (non-hydrogen) atoms. The molecule has 0 spiro atoms. The molecule has 11 amide bonds. The van der Waals surface area contributed by atoms with Gasteiger partial charge in [-0.1, -0.05) is 35.9 Å². The SMILES string of the molecule is CN(CN1C(=O)CCC(N2Cc3cc(CNC(=O)Nc4ccc(CCOCCN(C)C(=O)OC(C)(C)C)c(Cl)c4)ccc3C2=O)C1=O)C(=O)OCc1ccc(O[C@@H]2O[C@H](C(=O)O)[C@@H](O)[C@H](O)[C@H]2O)c(NC(=O)CCNC(=O)CCN2C(=O)C=CC2=O)c1. The van der Waals surface area contributed by atoms with Crippen LogP contribution >= 0.6 is 11.6 Å². The van der Waals surface area contributed by atoms with Crippen molar-refractivity contribution in [1.29, 1.82) is 0 Å². The van der Waals surface area contributed by atoms with E-state index in [1.807, 2.05) is 0 Å². The number of ether oxygens (including phenoxy) is 5. The number of anilines is 2. The van der Waals surface area contributed by atoms with Crippen LogP contribution in [0.3, 0.4) is 0 Å². The van der Waals surface area contributed by atoms with Gasteiger partial charge in [0.25, 0.3) is 23.6 Å². The second-order valence-electron chi connectivity index (χ2n) is 21.7. The molecule has 3 aromatic rings. The third kappa shape index (κ3) is 17.5. The second-order valence-corrected chi connectivity index (χ2v) is 22.1. The van der Waals surface area contributed by atoms with E-state index >= 15 is 0 Å². The Morgan fingerprint density at radius 1 is 0.793 bits per heavy atom. The molecule has 1 unspecified atom stereocenters. The number of aliphatic hydroxyl groups excluding tert-OH is 3. The molecule has 2 fully saturated rings. The van der Waals surface area contributed by atoms with Crippen LogP contribution in [0.5, 0.6) is 5.75 Å². The average Bonchev–Trinajstić information content (AvgIpc) is 1.89. The number of piperidine rings is 1. The first-order valence-electron chi connectivity index (χ1n) is 27.5. The maximum Gasteiger partial charge on any atom is 0.411 e. The van der Waals surface area contributed by atoms with Gasteiger partial charge in [-0.3, -0.25) is 48.3 Å². The molecule has 29 nitrogen and oxygen atoms in total. The number of nitrogens with zero attached hydrogens (tertiary/aromatic N) is 5. The second kappa shape index (κ2) is 29.1. The number of likely N-dealkylation sites (N-methyl/N-ethyl adjacent to an activating group) is 1. The number of rotatable bonds is 24. The zero-order valence-corrected chi connectivity index (χ0v) is 48.9. The minimum atomic E-state index is -2.04. The summed E-state index contributed by atoms with van der Waals surface area (Å²) in [5.41, 5.74) is 2.20. The monoisotopic (exact) mass is 1230 g/mol. The molecule has 8 N–H and O–H groups in total. The van der Waals surface area contributed by atoms with E-state index in [1.54, 1.807) is 64.2 Å². The molecule has 0 aromatic heterocycles. The maximum atomic E-state index is 14.0. The van der Waals surface area contributed by atoms with E-state index in [0.717, 1.165) is 32.4 Å². The molecule has 2 saturated heterocycles. The highest BCUT2D eigenvalue weighted by molar-refractivity contribution is 6.31. The van der Waals surface area contributed by atoms with Crippen molar-refractivity contribution in [2.75, 3.05) is 64.2 Å². The van der Waals surface area contributed by atoms with E-state index in [4.69, 9.17) is 35.3 Å². The number of amides is 11. The highest BCUT2D eigenvalue weighted by Crippen LogP contribution is 2.33. The van der Waals surface area contributed by atoms with Crippen molar-refractivity contribution in [1.82, 2.24) is 35.1 Å². The Hall–Kier alpha value is -8.74. The lowest BCUT2D eigenvalue weighted by molar-refractivity contribution is -0.271. The number of aliphatic hydroxyl groups is 3. The minimum absolute atomic E-state index is 0.00956. The summed E-state index contributed by atoms with van der Waals surface area (Å²) in [4.78, 5) is 146. The molecule has 0 bridgehead atoms. The molecule has 0 saturated carbocycles. The number of hydrogen-bond donors (Lipinski definition) is 8. The number of fused-ring (bicyclic) bond motifs is 1. The fraction of sp³-hybridized carbons (Fsp3) is 0.456. The first kappa shape index (κ1) is 65.8. The fourth-order valence-electron chi connectivity index (χ4n) is 9.27. The lowest BCUT2D eigenvalue weighted by Crippen LogP contribution is -2.61. The van der Waals surface area contributed by atoms with Crippen molar-refractivity contribution in [2.45, 2.75) is 115 Å². The summed E-state index contributed by atoms with van der Waals surface area (Å²) in [7, 11) is 2.89. The first-order chi connectivity index (χ1) is 41.2. The fourth-order valence-corrected chi connectivity index (χ4v) is 9.54. The molecule has 7 rings (SSSR count). The van der Waals surface area contributed by atoms with Crippen LogP contribution in [-0.2, 0) is 78.6 Å². The van der Waals surface area contributed by atoms with Crippen LogP contribution in [0.1, 0.15) is 79.1 Å². The topological polar surface area (TPSA) is 379 Å². The number of benzene rings is 3. The smallest absolute Gasteiger partial charge is 0.411 e. The van der Waals surface area contributed by atoms with Crippen molar-refractivity contribution in [3.63, 3.8) is 0 Å². The predicted octanol–water partition coefficient (Wildman–Crippen LogP) is 1.82. The highest BCUT2D eigenvalue weighted by atomic mass is 35.5. The zero-order chi connectivity index (χ0) is 63.4. The molecular weight excluding hydrogens is 1170 g/mol. The number of carboxylic acid groups (broad SMARTS) is 1. The van der Waals surface area contributed by atoms with Crippen molar-refractivity contribution < 1.29 is 96.9 Å². The van der Waals surface area contributed by atoms with Gasteiger partial charge < -0.3 is 75.2 Å². The standard InChI is InChI=1S/C57H68ClN9O20/c1-57(2,3)87-56(82)63(4)21-23-83-22-18-33-8-9-35(26-37(33)58)61-54(80)60-27-31-6-10-36-34(24-31)28-66(50(36)76)39-11-13-45(72)67(51(39)77)30-64(5)55(81)84-29-32-7-12-40(85-53-48(75)46(73)47(74)49(86-53)52(78)79)38(25-32)62-42(69)16-19-59-41(68)17-20-65-43(70)14-15-44(65)71/h6-10,12,14-15,24-26,39,46-49,53,73-75H,11,13,16-23,27-30H2,1-5H3,(H,59,68)(H,62,69)(H,78,79)(H2,60,61,80)/t39?,46-,47-,48+,49-,53+/m0/s1. The molecule has 4 aliphatic heterocycles. The molecule has 0 aliphatic carbocycles. The van der Waals surface area contributed by atoms with Crippen LogP contribution in [0, 0.1) is 0 Å². The van der Waals surface area contributed by atoms with E-state index in [1.165, 1.54) is 35.0 Å². The van der Waals surface area contributed by atoms with Crippen molar-refractivity contribution in [3.05, 3.63) is 99.6 Å². The third-order valence-corrected chi connectivity index (χ3v) is 14.3. The summed E-state index contributed by atoms with van der Waals surface area (Å²) in [5.74, 6) is -6.21. The van der Waals surface area contributed by atoms with Crippen LogP contribution in [0.4, 0.5) is 25.8 Å². The van der Waals surface area contributed by atoms with Crippen LogP contribution in [0.25, 0.3) is 0 Å². The zero-order valence-electron chi connectivity index (χ0n) is 48.1. The Morgan fingerprint density at radius 3 is 2.22 bits per heavy atom. The summed E-state index contributed by atoms with van der Waals surface area (Å²) in [6, 6.07) is 12.3. The maximum absolute atomic E-state index is 14.0. The number of carbonyl (C=O) groups is 11. The third-order valence-electron chi connectivity index (χ3n) is 14.0. The number of urea groups is 1. The summed E-state index contributed by atoms with van der Waals surface area (Å²) >= 11 is 6.52. The Morgan fingerprint density at radius 2 is 1.52 bits per heavy atom. The number of carboxylic acids is 1. The van der Waals surface area contributed by atoms with Gasteiger partial charge in [0, 0.05) is 94.5 Å². The Labute approximate surface area is 503 Å². The van der Waals surface area contributed by atoms with Crippen LogP contribution in [0.15, 0.2) is 66.7 Å². The van der Waals surface area contributed by atoms with E-state index in [9.17, 15) is 73.2 Å². The molecule has 468 valence electrons. The van der Waals surface area contributed by atoms with Gasteiger partial charge in [-0.2, -0.15) is 0 Å². The van der Waals surface area contributed by atoms with Gasteiger partial charge in [0.1, 0.15) is 49.0 Å². The number of halogens is 1. The van der Waals surface area contributed by atoms with Gasteiger partial charge in [0.15, 0.2) is 6.10 Å². The van der Waals surface area contributed by atoms with Crippen LogP contribution in [-0.4, -0.2) is 206 Å². The lowest BCUT2D eigenvalue weighted by Gasteiger charge is -2.38. The molecular formula is C57H68ClN9O20. The summed E-state index contributed by atoms with van der Waals surface area (Å²) in [6.07, 6.45) is -9.57. The quantitative estimate of drug-likeness (QED) is 0.0468. The van der Waals surface area contributed by atoms with Gasteiger partial charge in [-0.15, -0.1) is 0 Å². The summed E-state index contributed by atoms with van der Waals surface area (Å²) in [6.45, 7) is 4.93. The Balaban J connectivity index is 0.893. The number of aliphatic carboxylic acids is 1. The summed E-state index contributed by atoms with van der Waals surface area (Å²) < 4.78 is 27.5. The Bertz CT molecular complexity index is 3170. The molecule has 4 heterocycles. The molecule has 0 radical (unpaired) electrons. The number of hydrogen-bond acceptors (Lipinski definition) is 19. The van der Waals surface area contributed by atoms with E-state index < -0.39 is 121 Å². The van der Waals surface area contributed by atoms with E-state index in [0.29, 0.717) is 53.6 Å². The van der Waals surface area contributed by atoms with Crippen molar-refractivity contribution in [2.24, 2.45) is 0 Å². The Kier molecular flexibility index (Phi) is 22.0. The van der Waals surface area contributed by atoms with Crippen molar-refractivity contribution >= 4 is 88.5 Å². The predicted molar refractivity (Wildman–Crippen MR) is 303 cm³/mol. The largest absolute Gasteiger partial charge is 0.479 e. The van der Waals surface area contributed by atoms with E-state index in [2.05, 4.69) is 21.3 Å². The van der Waals surface area contributed by atoms with Crippen LogP contribution in [0.2, 0.25) is 5.02 Å². The number of carbonyl (C=O) groups excluding carboxylic acids is 10. The molecule has 4 aliphatic rings. The van der Waals surface area contributed by atoms with E-state index in [-0.39, 0.29) is 68.9 Å². The van der Waals surface area contributed by atoms with Gasteiger partial charge in [-0.25, -0.2) is 19.2 Å². The van der Waals surface area contributed by atoms with Gasteiger partial charge in [0.2, 0.25) is 24.0 Å². The molecule has 6 atom stereocenters. The highest BCUT2D eigenvalue weighted by Gasteiger charge is 2.49. The minimum Gasteiger partial charge on any atom is -0.479 e. The number of likely N-dealkylation sites (tertiary alicyclic amines) is 1. The number of nitrogens with one attached hydrogen (secondary N) is 4. The molecule has 30 heteroatoms. The molecule has 3 aromatic carbocycles. The van der Waals surface area contributed by atoms with Crippen molar-refractivity contribution in [3.8, 4) is 5.75 Å². The van der Waals surface area contributed by atoms with Gasteiger partial charge in [0.05, 0.1) is 18.9 Å². The van der Waals surface area contributed by atoms with Gasteiger partial charge >= 0.3 is 24.2 Å².